The molecule has 0 unspecified atom stereocenters. The normalized spacial score (nSPS) is 12.9. The molecule has 0 bridgehead atoms. The van der Waals surface area contributed by atoms with Crippen molar-refractivity contribution in [2.75, 3.05) is 26.2 Å². The summed E-state index contributed by atoms with van der Waals surface area (Å²) >= 11 is 0. The molecule has 3 atom stereocenters. The van der Waals surface area contributed by atoms with Crippen LogP contribution in [0.25, 0.3) is 0 Å². The van der Waals surface area contributed by atoms with E-state index in [1.807, 2.05) is 0 Å². The van der Waals surface area contributed by atoms with Gasteiger partial charge >= 0.3 is 11.9 Å². The molecule has 0 fully saturated rings. The highest BCUT2D eigenvalue weighted by atomic mass is 16.4. The molecule has 0 radical (unpaired) electrons. The Morgan fingerprint density at radius 3 is 1.73 bits per heavy atom. The van der Waals surface area contributed by atoms with Crippen LogP contribution >= 0.6 is 0 Å². The molecule has 0 saturated heterocycles. The first-order valence-electron chi connectivity index (χ1n) is 9.60. The van der Waals surface area contributed by atoms with E-state index in [1.54, 1.807) is 0 Å². The lowest BCUT2D eigenvalue weighted by Crippen LogP contribution is -2.54. The van der Waals surface area contributed by atoms with E-state index in [0.29, 0.717) is 0 Å². The van der Waals surface area contributed by atoms with Crippen LogP contribution in [0.3, 0.4) is 0 Å². The average Bonchev–Trinajstić information content (AvgIpc) is 2.76. The molecule has 0 aromatic heterocycles. The molecule has 16 nitrogen and oxygen atoms in total. The van der Waals surface area contributed by atoms with E-state index in [1.165, 1.54) is 6.92 Å². The van der Waals surface area contributed by atoms with Gasteiger partial charge in [0.25, 0.3) is 0 Å². The Bertz CT molecular complexity index is 759. The second kappa shape index (κ2) is 15.1. The molecular weight excluding hydrogens is 448 g/mol. The van der Waals surface area contributed by atoms with Gasteiger partial charge in [-0.15, -0.1) is 0 Å². The Labute approximate surface area is 187 Å². The Balaban J connectivity index is 4.68. The molecule has 0 heterocycles. The monoisotopic (exact) mass is 476 g/mol. The predicted octanol–water partition coefficient (Wildman–Crippen LogP) is -5.41. The van der Waals surface area contributed by atoms with Crippen molar-refractivity contribution in [2.45, 2.75) is 37.9 Å². The average molecular weight is 476 g/mol. The molecule has 10 N–H and O–H groups in total. The number of hydrogen-bond donors (Lipinski definition) is 9. The van der Waals surface area contributed by atoms with Crippen LogP contribution in [0.1, 0.15) is 19.8 Å². The number of hydrogen-bond acceptors (Lipinski definition) is 9. The van der Waals surface area contributed by atoms with Gasteiger partial charge in [-0.2, -0.15) is 0 Å². The Kier molecular flexibility index (Phi) is 13.4. The minimum atomic E-state index is -1.49. The molecule has 0 rings (SSSR count). The summed E-state index contributed by atoms with van der Waals surface area (Å²) in [5, 5.41) is 37.4. The fraction of sp³-hybridized carbons (Fsp3) is 0.588. The summed E-state index contributed by atoms with van der Waals surface area (Å²) in [6.07, 6.45) is -0.709. The molecule has 16 heteroatoms. The van der Waals surface area contributed by atoms with Gasteiger partial charge in [-0.05, 0) is 13.3 Å². The Morgan fingerprint density at radius 1 is 0.788 bits per heavy atom. The van der Waals surface area contributed by atoms with Crippen molar-refractivity contribution in [1.29, 1.82) is 0 Å². The maximum absolute atomic E-state index is 12.2. The highest BCUT2D eigenvalue weighted by Crippen LogP contribution is 1.98. The molecule has 0 aromatic carbocycles. The molecule has 33 heavy (non-hydrogen) atoms. The van der Waals surface area contributed by atoms with Gasteiger partial charge in [0.15, 0.2) is 0 Å². The van der Waals surface area contributed by atoms with Crippen molar-refractivity contribution in [3.63, 3.8) is 0 Å². The van der Waals surface area contributed by atoms with Crippen molar-refractivity contribution in [2.24, 2.45) is 5.73 Å². The molecule has 0 aliphatic heterocycles. The first-order chi connectivity index (χ1) is 15.4. The van der Waals surface area contributed by atoms with Crippen LogP contribution in [0.15, 0.2) is 0 Å². The number of aliphatic hydroxyl groups excluding tert-OH is 1. The number of carbonyl (C=O) groups excluding carboxylic acids is 5. The van der Waals surface area contributed by atoms with Crippen LogP contribution in [-0.2, 0) is 33.6 Å². The van der Waals surface area contributed by atoms with E-state index in [-0.39, 0.29) is 6.42 Å². The van der Waals surface area contributed by atoms with Gasteiger partial charge in [0, 0.05) is 6.42 Å². The number of nitrogens with one attached hydrogen (secondary N) is 5. The first-order valence-corrected chi connectivity index (χ1v) is 9.60. The number of carboxylic acid groups (broad SMARTS) is 2. The number of aliphatic hydroxyl groups is 1. The van der Waals surface area contributed by atoms with Crippen LogP contribution < -0.4 is 32.3 Å². The minimum Gasteiger partial charge on any atom is -0.481 e. The van der Waals surface area contributed by atoms with Gasteiger partial charge in [0.1, 0.15) is 18.1 Å². The molecule has 5 amide bonds. The molecule has 0 spiro atoms. The zero-order valence-electron chi connectivity index (χ0n) is 17.8. The van der Waals surface area contributed by atoms with Crippen LogP contribution in [0.4, 0.5) is 0 Å². The lowest BCUT2D eigenvalue weighted by atomic mass is 10.1. The second-order valence-corrected chi connectivity index (χ2v) is 6.62. The van der Waals surface area contributed by atoms with E-state index in [4.69, 9.17) is 15.9 Å². The van der Waals surface area contributed by atoms with Crippen LogP contribution in [0.5, 0.6) is 0 Å². The van der Waals surface area contributed by atoms with Crippen LogP contribution in [-0.4, -0.2) is 101 Å². The van der Waals surface area contributed by atoms with Crippen molar-refractivity contribution < 1.29 is 48.9 Å². The number of rotatable bonds is 15. The highest BCUT2D eigenvalue weighted by Gasteiger charge is 2.24. The van der Waals surface area contributed by atoms with E-state index < -0.39 is 92.3 Å². The van der Waals surface area contributed by atoms with Crippen LogP contribution in [0.2, 0.25) is 0 Å². The summed E-state index contributed by atoms with van der Waals surface area (Å²) in [5.41, 5.74) is 5.14. The number of carbonyl (C=O) groups is 7. The van der Waals surface area contributed by atoms with Gasteiger partial charge in [0.2, 0.25) is 29.5 Å². The summed E-state index contributed by atoms with van der Waals surface area (Å²) in [6.45, 7) is -1.39. The van der Waals surface area contributed by atoms with E-state index in [0.717, 1.165) is 0 Å². The minimum absolute atomic E-state index is 0.265. The maximum atomic E-state index is 12.2. The third-order valence-corrected chi connectivity index (χ3v) is 3.91. The lowest BCUT2D eigenvalue weighted by molar-refractivity contribution is -0.141. The Hall–Kier alpha value is -3.79. The van der Waals surface area contributed by atoms with Crippen molar-refractivity contribution >= 4 is 41.5 Å². The van der Waals surface area contributed by atoms with Crippen molar-refractivity contribution in [1.82, 2.24) is 26.6 Å². The predicted molar refractivity (Wildman–Crippen MR) is 108 cm³/mol. The zero-order chi connectivity index (χ0) is 25.6. The quantitative estimate of drug-likeness (QED) is 0.108. The molecule has 0 saturated carbocycles. The third-order valence-electron chi connectivity index (χ3n) is 3.91. The first kappa shape index (κ1) is 29.2. The van der Waals surface area contributed by atoms with Gasteiger partial charge in [-0.3, -0.25) is 33.6 Å². The smallest absolute Gasteiger partial charge is 0.325 e. The molecule has 0 aliphatic carbocycles. The maximum Gasteiger partial charge on any atom is 0.325 e. The van der Waals surface area contributed by atoms with Crippen molar-refractivity contribution in [3.05, 3.63) is 0 Å². The van der Waals surface area contributed by atoms with E-state index >= 15 is 0 Å². The summed E-state index contributed by atoms with van der Waals surface area (Å²) in [7, 11) is 0. The van der Waals surface area contributed by atoms with E-state index in [9.17, 15) is 38.7 Å². The summed E-state index contributed by atoms with van der Waals surface area (Å²) in [6, 6.07) is -3.95. The number of aliphatic carboxylic acids is 2. The number of nitrogens with two attached hydrogens (primary N) is 1. The second-order valence-electron chi connectivity index (χ2n) is 6.62. The van der Waals surface area contributed by atoms with Crippen LogP contribution in [0, 0.1) is 0 Å². The fourth-order valence-corrected chi connectivity index (χ4v) is 2.16. The standard InChI is InChI=1S/C17H28N6O10/c1-8(17(32)33)21-12(26)5-20-16(31)10(7-24)23-13(27)6-19-15(30)9(2-3-14(28)29)22-11(25)4-18/h8-10,24H,2-7,18H2,1H3,(H,19,30)(H,20,31)(H,21,26)(H,22,25)(H,23,27)(H,28,29)(H,32,33)/t8-,9-,10-/m0/s1. The SMILES string of the molecule is C[C@H](NC(=O)CNC(=O)[C@H](CO)NC(=O)CNC(=O)[C@H](CCC(=O)O)NC(=O)CN)C(=O)O. The largest absolute Gasteiger partial charge is 0.481 e. The van der Waals surface area contributed by atoms with Gasteiger partial charge in [-0.1, -0.05) is 0 Å². The Morgan fingerprint density at radius 2 is 1.27 bits per heavy atom. The van der Waals surface area contributed by atoms with Gasteiger partial charge < -0.3 is 47.6 Å². The van der Waals surface area contributed by atoms with Gasteiger partial charge in [0.05, 0.1) is 26.2 Å². The molecule has 0 aromatic rings. The van der Waals surface area contributed by atoms with E-state index in [2.05, 4.69) is 26.6 Å². The topological polar surface area (TPSA) is 266 Å². The highest BCUT2D eigenvalue weighted by molar-refractivity contribution is 5.94. The van der Waals surface area contributed by atoms with Gasteiger partial charge in [-0.25, -0.2) is 0 Å². The molecular formula is C17H28N6O10. The summed E-state index contributed by atoms with van der Waals surface area (Å²) in [5.74, 6) is -6.78. The summed E-state index contributed by atoms with van der Waals surface area (Å²) < 4.78 is 0. The zero-order valence-corrected chi connectivity index (χ0v) is 17.8. The third kappa shape index (κ3) is 12.6. The molecule has 186 valence electrons. The number of carboxylic acids is 2. The lowest BCUT2D eigenvalue weighted by Gasteiger charge is -2.19. The van der Waals surface area contributed by atoms with Crippen molar-refractivity contribution in [3.8, 4) is 0 Å². The molecule has 0 aliphatic rings. The summed E-state index contributed by atoms with van der Waals surface area (Å²) in [4.78, 5) is 80.5. The number of amides is 5. The fourth-order valence-electron chi connectivity index (χ4n) is 2.16.